The number of hydrogen-bond acceptors (Lipinski definition) is 3. The highest BCUT2D eigenvalue weighted by Crippen LogP contribution is 2.11. The second-order valence-corrected chi connectivity index (χ2v) is 4.91. The first-order valence-electron chi connectivity index (χ1n) is 6.59. The number of likely N-dealkylation sites (tertiary alicyclic amines) is 1. The fraction of sp³-hybridized carbons (Fsp3) is 0.500. The molecule has 0 saturated carbocycles. The molecule has 104 valence electrons. The number of anilines is 1. The highest BCUT2D eigenvalue weighted by molar-refractivity contribution is 5.90. The molecule has 0 bridgehead atoms. The number of amides is 1. The lowest BCUT2D eigenvalue weighted by molar-refractivity contribution is -0.116. The van der Waals surface area contributed by atoms with Crippen molar-refractivity contribution in [3.8, 4) is 0 Å². The predicted octanol–water partition coefficient (Wildman–Crippen LogP) is 1.61. The Labute approximate surface area is 112 Å². The van der Waals surface area contributed by atoms with Gasteiger partial charge in [0, 0.05) is 25.2 Å². The highest BCUT2D eigenvalue weighted by Gasteiger charge is 2.17. The van der Waals surface area contributed by atoms with Crippen LogP contribution in [-0.4, -0.2) is 41.7 Å². The van der Waals surface area contributed by atoms with Gasteiger partial charge >= 0.3 is 0 Å². The number of hydrogen-bond donors (Lipinski definition) is 2. The number of β-amino-alcohol motifs (C(OH)–C–C–N with tert-alkyl or cyclic N) is 1. The van der Waals surface area contributed by atoms with Gasteiger partial charge in [-0.1, -0.05) is 6.07 Å². The van der Waals surface area contributed by atoms with Crippen LogP contribution < -0.4 is 5.32 Å². The van der Waals surface area contributed by atoms with E-state index < -0.39 is 0 Å². The van der Waals surface area contributed by atoms with Crippen molar-refractivity contribution in [3.63, 3.8) is 0 Å². The van der Waals surface area contributed by atoms with Crippen molar-refractivity contribution >= 4 is 11.6 Å². The third-order valence-corrected chi connectivity index (χ3v) is 3.24. The second-order valence-electron chi connectivity index (χ2n) is 4.91. The lowest BCUT2D eigenvalue weighted by atomic mass is 10.1. The van der Waals surface area contributed by atoms with Gasteiger partial charge in [-0.3, -0.25) is 4.79 Å². The fourth-order valence-corrected chi connectivity index (χ4v) is 2.28. The maximum Gasteiger partial charge on any atom is 0.225 e. The Morgan fingerprint density at radius 3 is 3.11 bits per heavy atom. The monoisotopic (exact) mass is 266 g/mol. The topological polar surface area (TPSA) is 52.6 Å². The average molecular weight is 266 g/mol. The molecule has 2 rings (SSSR count). The van der Waals surface area contributed by atoms with Gasteiger partial charge in [-0.05, 0) is 37.6 Å². The van der Waals surface area contributed by atoms with Gasteiger partial charge in [0.15, 0.2) is 0 Å². The number of piperidine rings is 1. The summed E-state index contributed by atoms with van der Waals surface area (Å²) in [5.41, 5.74) is 0.476. The van der Waals surface area contributed by atoms with Crippen LogP contribution >= 0.6 is 0 Å². The van der Waals surface area contributed by atoms with Crippen LogP contribution in [-0.2, 0) is 4.79 Å². The SMILES string of the molecule is O=C(CCN1CCCC(O)C1)Nc1cccc(F)c1. The summed E-state index contributed by atoms with van der Waals surface area (Å²) in [4.78, 5) is 13.8. The number of rotatable bonds is 4. The zero-order valence-electron chi connectivity index (χ0n) is 10.8. The van der Waals surface area contributed by atoms with Crippen molar-refractivity contribution in [3.05, 3.63) is 30.1 Å². The molecule has 1 aliphatic rings. The van der Waals surface area contributed by atoms with Crippen LogP contribution in [0.15, 0.2) is 24.3 Å². The van der Waals surface area contributed by atoms with Crippen molar-refractivity contribution in [2.75, 3.05) is 25.0 Å². The summed E-state index contributed by atoms with van der Waals surface area (Å²) in [6, 6.07) is 5.85. The van der Waals surface area contributed by atoms with Crippen molar-refractivity contribution in [1.82, 2.24) is 4.90 Å². The number of carbonyl (C=O) groups is 1. The molecule has 1 amide bonds. The largest absolute Gasteiger partial charge is 0.392 e. The van der Waals surface area contributed by atoms with E-state index in [1.165, 1.54) is 12.1 Å². The summed E-state index contributed by atoms with van der Waals surface area (Å²) in [5, 5.41) is 12.2. The molecule has 5 heteroatoms. The first-order valence-corrected chi connectivity index (χ1v) is 6.59. The summed E-state index contributed by atoms with van der Waals surface area (Å²) < 4.78 is 12.9. The number of halogens is 1. The van der Waals surface area contributed by atoms with E-state index in [1.807, 2.05) is 0 Å². The van der Waals surface area contributed by atoms with Crippen molar-refractivity contribution in [2.24, 2.45) is 0 Å². The maximum atomic E-state index is 12.9. The van der Waals surface area contributed by atoms with Crippen molar-refractivity contribution in [1.29, 1.82) is 0 Å². The minimum absolute atomic E-state index is 0.134. The Morgan fingerprint density at radius 1 is 1.53 bits per heavy atom. The van der Waals surface area contributed by atoms with E-state index in [4.69, 9.17) is 0 Å². The molecule has 4 nitrogen and oxygen atoms in total. The first-order chi connectivity index (χ1) is 9.13. The van der Waals surface area contributed by atoms with Crippen LogP contribution in [0.1, 0.15) is 19.3 Å². The van der Waals surface area contributed by atoms with E-state index >= 15 is 0 Å². The van der Waals surface area contributed by atoms with E-state index in [-0.39, 0.29) is 17.8 Å². The summed E-state index contributed by atoms with van der Waals surface area (Å²) in [6.07, 6.45) is 1.88. The average Bonchev–Trinajstić information content (AvgIpc) is 2.36. The Morgan fingerprint density at radius 2 is 2.37 bits per heavy atom. The molecule has 0 spiro atoms. The number of nitrogens with zero attached hydrogens (tertiary/aromatic N) is 1. The molecule has 1 aromatic rings. The van der Waals surface area contributed by atoms with Gasteiger partial charge in [0.1, 0.15) is 5.82 Å². The normalized spacial score (nSPS) is 20.2. The summed E-state index contributed by atoms with van der Waals surface area (Å²) >= 11 is 0. The van der Waals surface area contributed by atoms with Crippen molar-refractivity contribution in [2.45, 2.75) is 25.4 Å². The number of benzene rings is 1. The number of aliphatic hydroxyl groups excluding tert-OH is 1. The smallest absolute Gasteiger partial charge is 0.225 e. The molecule has 1 heterocycles. The zero-order valence-corrected chi connectivity index (χ0v) is 10.8. The quantitative estimate of drug-likeness (QED) is 0.870. The van der Waals surface area contributed by atoms with E-state index in [0.717, 1.165) is 19.4 Å². The molecular weight excluding hydrogens is 247 g/mol. The Kier molecular flexibility index (Phi) is 4.87. The summed E-state index contributed by atoms with van der Waals surface area (Å²) in [5.74, 6) is -0.498. The molecule has 2 N–H and O–H groups in total. The first kappa shape index (κ1) is 14.0. The predicted molar refractivity (Wildman–Crippen MR) is 71.3 cm³/mol. The molecule has 0 aromatic heterocycles. The summed E-state index contributed by atoms with van der Waals surface area (Å²) in [7, 11) is 0. The minimum Gasteiger partial charge on any atom is -0.392 e. The van der Waals surface area contributed by atoms with E-state index in [0.29, 0.717) is 25.2 Å². The van der Waals surface area contributed by atoms with Crippen LogP contribution in [0.4, 0.5) is 10.1 Å². The molecule has 1 saturated heterocycles. The molecule has 0 aliphatic carbocycles. The fourth-order valence-electron chi connectivity index (χ4n) is 2.28. The van der Waals surface area contributed by atoms with Crippen molar-refractivity contribution < 1.29 is 14.3 Å². The van der Waals surface area contributed by atoms with Gasteiger partial charge in [0.2, 0.25) is 5.91 Å². The summed E-state index contributed by atoms with van der Waals surface area (Å²) in [6.45, 7) is 2.18. The van der Waals surface area contributed by atoms with Gasteiger partial charge in [-0.2, -0.15) is 0 Å². The third kappa shape index (κ3) is 4.61. The van der Waals surface area contributed by atoms with E-state index in [9.17, 15) is 14.3 Å². The molecule has 1 atom stereocenters. The highest BCUT2D eigenvalue weighted by atomic mass is 19.1. The number of aliphatic hydroxyl groups is 1. The molecule has 1 fully saturated rings. The lowest BCUT2D eigenvalue weighted by Crippen LogP contribution is -2.39. The zero-order chi connectivity index (χ0) is 13.7. The van der Waals surface area contributed by atoms with Gasteiger partial charge in [-0.25, -0.2) is 4.39 Å². The minimum atomic E-state index is -0.364. The number of nitrogens with one attached hydrogen (secondary N) is 1. The maximum absolute atomic E-state index is 12.9. The van der Waals surface area contributed by atoms with Crippen LogP contribution in [0.25, 0.3) is 0 Å². The van der Waals surface area contributed by atoms with Gasteiger partial charge in [-0.15, -0.1) is 0 Å². The Balaban J connectivity index is 1.75. The molecule has 19 heavy (non-hydrogen) atoms. The lowest BCUT2D eigenvalue weighted by Gasteiger charge is -2.29. The van der Waals surface area contributed by atoms with Crippen LogP contribution in [0.2, 0.25) is 0 Å². The van der Waals surface area contributed by atoms with Crippen LogP contribution in [0.3, 0.4) is 0 Å². The second kappa shape index (κ2) is 6.63. The van der Waals surface area contributed by atoms with Gasteiger partial charge < -0.3 is 15.3 Å². The Hall–Kier alpha value is -1.46. The molecule has 0 radical (unpaired) electrons. The van der Waals surface area contributed by atoms with Crippen LogP contribution in [0, 0.1) is 5.82 Å². The third-order valence-electron chi connectivity index (χ3n) is 3.24. The number of carbonyl (C=O) groups excluding carboxylic acids is 1. The van der Waals surface area contributed by atoms with Crippen LogP contribution in [0.5, 0.6) is 0 Å². The van der Waals surface area contributed by atoms with E-state index in [1.54, 1.807) is 12.1 Å². The van der Waals surface area contributed by atoms with E-state index in [2.05, 4.69) is 10.2 Å². The molecular formula is C14H19FN2O2. The molecule has 1 unspecified atom stereocenters. The van der Waals surface area contributed by atoms with Gasteiger partial charge in [0.05, 0.1) is 6.10 Å². The molecule has 1 aromatic carbocycles. The van der Waals surface area contributed by atoms with Gasteiger partial charge in [0.25, 0.3) is 0 Å². The Bertz CT molecular complexity index is 439. The standard InChI is InChI=1S/C14H19FN2O2/c15-11-3-1-4-12(9-11)16-14(19)6-8-17-7-2-5-13(18)10-17/h1,3-4,9,13,18H,2,5-8,10H2,(H,16,19). The molecule has 1 aliphatic heterocycles.